The molecule has 29 heavy (non-hydrogen) atoms. The fourth-order valence-electron chi connectivity index (χ4n) is 4.74. The first-order valence-electron chi connectivity index (χ1n) is 9.78. The topological polar surface area (TPSA) is 107 Å². The number of carbonyl (C=O) groups excluding carboxylic acids is 1. The number of cyclic esters (lactones) is 1. The zero-order chi connectivity index (χ0) is 20.5. The molecule has 148 valence electrons. The molecule has 0 aliphatic carbocycles. The maximum atomic E-state index is 13.3. The number of aryl methyl sites for hydroxylation is 1. The number of carbonyl (C=O) groups is 1. The summed E-state index contributed by atoms with van der Waals surface area (Å²) in [6, 6.07) is 7.86. The number of nitrogens with two attached hydrogens (primary N) is 1. The molecule has 0 saturated carbocycles. The molecule has 2 aromatic heterocycles. The third kappa shape index (κ3) is 2.13. The van der Waals surface area contributed by atoms with Crippen LogP contribution in [0.25, 0.3) is 22.3 Å². The number of para-hydroxylation sites is 1. The monoisotopic (exact) mass is 391 g/mol. The van der Waals surface area contributed by atoms with Gasteiger partial charge in [0.2, 0.25) is 0 Å². The number of fused-ring (bicyclic) bond motifs is 5. The van der Waals surface area contributed by atoms with Crippen molar-refractivity contribution in [2.75, 3.05) is 5.73 Å². The van der Waals surface area contributed by atoms with E-state index < -0.39 is 11.6 Å². The van der Waals surface area contributed by atoms with Crippen LogP contribution in [0.5, 0.6) is 0 Å². The Labute approximate surface area is 166 Å². The minimum Gasteiger partial charge on any atom is -0.458 e. The summed E-state index contributed by atoms with van der Waals surface area (Å²) in [4.78, 5) is 30.5. The van der Waals surface area contributed by atoms with E-state index in [4.69, 9.17) is 15.5 Å². The molecule has 1 atom stereocenters. The van der Waals surface area contributed by atoms with Crippen LogP contribution in [0.15, 0.2) is 29.1 Å². The molecule has 3 aromatic rings. The largest absolute Gasteiger partial charge is 0.458 e. The van der Waals surface area contributed by atoms with E-state index in [1.165, 1.54) is 0 Å². The number of aromatic nitrogens is 2. The maximum Gasteiger partial charge on any atom is 0.343 e. The number of benzene rings is 1. The van der Waals surface area contributed by atoms with Crippen molar-refractivity contribution in [1.82, 2.24) is 9.55 Å². The van der Waals surface area contributed by atoms with Crippen molar-refractivity contribution < 1.29 is 14.6 Å². The van der Waals surface area contributed by atoms with Gasteiger partial charge < -0.3 is 20.1 Å². The van der Waals surface area contributed by atoms with Crippen molar-refractivity contribution in [3.8, 4) is 11.4 Å². The van der Waals surface area contributed by atoms with Crippen molar-refractivity contribution in [3.63, 3.8) is 0 Å². The lowest BCUT2D eigenvalue weighted by atomic mass is 9.84. The fraction of sp³-hybridized carbons (Fsp3) is 0.318. The van der Waals surface area contributed by atoms with Gasteiger partial charge in [-0.15, -0.1) is 0 Å². The Kier molecular flexibility index (Phi) is 3.64. The summed E-state index contributed by atoms with van der Waals surface area (Å²) in [5.74, 6) is -0.775. The highest BCUT2D eigenvalue weighted by Gasteiger charge is 2.47. The van der Waals surface area contributed by atoms with Gasteiger partial charge in [0.15, 0.2) is 5.60 Å². The van der Waals surface area contributed by atoms with Crippen molar-refractivity contribution in [1.29, 1.82) is 0 Å². The molecule has 0 amide bonds. The minimum absolute atomic E-state index is 0.0597. The molecular weight excluding hydrogens is 370 g/mol. The normalized spacial score (nSPS) is 19.6. The van der Waals surface area contributed by atoms with Crippen LogP contribution in [0.2, 0.25) is 0 Å². The van der Waals surface area contributed by atoms with Gasteiger partial charge in [0.1, 0.15) is 6.61 Å². The first kappa shape index (κ1) is 17.9. The SMILES string of the molecule is CCc1c2c(nc3ccccc13)-c1c(N)c3c(c(=O)n1C2)COC(=O)C3(O)CC. The summed E-state index contributed by atoms with van der Waals surface area (Å²) in [5, 5.41) is 12.1. The van der Waals surface area contributed by atoms with E-state index in [2.05, 4.69) is 6.92 Å². The van der Waals surface area contributed by atoms with Gasteiger partial charge in [-0.25, -0.2) is 9.78 Å². The molecule has 0 spiro atoms. The average molecular weight is 391 g/mol. The van der Waals surface area contributed by atoms with Gasteiger partial charge >= 0.3 is 5.97 Å². The number of esters is 1. The number of ether oxygens (including phenoxy) is 1. The van der Waals surface area contributed by atoms with E-state index in [1.807, 2.05) is 24.3 Å². The summed E-state index contributed by atoms with van der Waals surface area (Å²) >= 11 is 0. The van der Waals surface area contributed by atoms with Crippen molar-refractivity contribution in [2.24, 2.45) is 0 Å². The van der Waals surface area contributed by atoms with Gasteiger partial charge in [-0.05, 0) is 24.5 Å². The second-order valence-electron chi connectivity index (χ2n) is 7.59. The third-order valence-corrected chi connectivity index (χ3v) is 6.22. The summed E-state index contributed by atoms with van der Waals surface area (Å²) in [5.41, 5.74) is 8.98. The zero-order valence-corrected chi connectivity index (χ0v) is 16.3. The maximum absolute atomic E-state index is 13.3. The van der Waals surface area contributed by atoms with Crippen LogP contribution < -0.4 is 11.3 Å². The number of hydrogen-bond donors (Lipinski definition) is 2. The predicted molar refractivity (Wildman–Crippen MR) is 108 cm³/mol. The van der Waals surface area contributed by atoms with Gasteiger partial charge in [0.05, 0.1) is 34.7 Å². The van der Waals surface area contributed by atoms with E-state index >= 15 is 0 Å². The first-order chi connectivity index (χ1) is 13.9. The molecule has 2 aliphatic heterocycles. The van der Waals surface area contributed by atoms with Crippen LogP contribution in [0.3, 0.4) is 0 Å². The van der Waals surface area contributed by atoms with Crippen molar-refractivity contribution in [2.45, 2.75) is 45.4 Å². The number of pyridine rings is 2. The number of nitrogens with zero attached hydrogens (tertiary/aromatic N) is 2. The van der Waals surface area contributed by atoms with E-state index in [-0.39, 0.29) is 35.4 Å². The number of aliphatic hydroxyl groups is 1. The molecule has 7 nitrogen and oxygen atoms in total. The molecule has 1 unspecified atom stereocenters. The molecular formula is C22H21N3O4. The van der Waals surface area contributed by atoms with Gasteiger partial charge in [0.25, 0.3) is 5.56 Å². The van der Waals surface area contributed by atoms with E-state index in [0.717, 1.165) is 28.5 Å². The third-order valence-electron chi connectivity index (χ3n) is 6.22. The molecule has 2 aliphatic rings. The van der Waals surface area contributed by atoms with Crippen molar-refractivity contribution in [3.05, 3.63) is 56.9 Å². The van der Waals surface area contributed by atoms with Gasteiger partial charge in [-0.3, -0.25) is 4.79 Å². The van der Waals surface area contributed by atoms with Gasteiger partial charge in [0, 0.05) is 16.5 Å². The lowest BCUT2D eigenvalue weighted by Gasteiger charge is -2.33. The molecule has 7 heteroatoms. The number of hydrogen-bond acceptors (Lipinski definition) is 6. The molecule has 0 radical (unpaired) electrons. The van der Waals surface area contributed by atoms with Crippen LogP contribution in [0.1, 0.15) is 42.5 Å². The Morgan fingerprint density at radius 2 is 2.00 bits per heavy atom. The molecule has 3 N–H and O–H groups in total. The Hall–Kier alpha value is -3.19. The first-order valence-corrected chi connectivity index (χ1v) is 9.78. The molecule has 0 fully saturated rings. The Morgan fingerprint density at radius 3 is 2.72 bits per heavy atom. The van der Waals surface area contributed by atoms with Crippen LogP contribution in [-0.2, 0) is 34.7 Å². The lowest BCUT2D eigenvalue weighted by molar-refractivity contribution is -0.172. The Morgan fingerprint density at radius 1 is 1.24 bits per heavy atom. The van der Waals surface area contributed by atoms with E-state index in [0.29, 0.717) is 17.9 Å². The molecule has 5 rings (SSSR count). The second kappa shape index (κ2) is 5.90. The second-order valence-corrected chi connectivity index (χ2v) is 7.59. The summed E-state index contributed by atoms with van der Waals surface area (Å²) < 4.78 is 6.71. The van der Waals surface area contributed by atoms with Crippen LogP contribution >= 0.6 is 0 Å². The van der Waals surface area contributed by atoms with Crippen molar-refractivity contribution >= 4 is 22.6 Å². The number of anilines is 1. The van der Waals surface area contributed by atoms with E-state index in [1.54, 1.807) is 11.5 Å². The Bertz CT molecular complexity index is 1280. The summed E-state index contributed by atoms with van der Waals surface area (Å²) in [6.45, 7) is 3.91. The van der Waals surface area contributed by atoms with Crippen LogP contribution in [0.4, 0.5) is 5.69 Å². The Balaban J connectivity index is 1.90. The fourth-order valence-corrected chi connectivity index (χ4v) is 4.74. The molecule has 0 saturated heterocycles. The lowest BCUT2D eigenvalue weighted by Crippen LogP contribution is -2.45. The summed E-state index contributed by atoms with van der Waals surface area (Å²) in [6.07, 6.45) is 0.846. The summed E-state index contributed by atoms with van der Waals surface area (Å²) in [7, 11) is 0. The number of nitrogen functional groups attached to an aromatic ring is 1. The highest BCUT2D eigenvalue weighted by molar-refractivity contribution is 5.93. The average Bonchev–Trinajstić information content (AvgIpc) is 3.11. The number of rotatable bonds is 2. The highest BCUT2D eigenvalue weighted by atomic mass is 16.6. The van der Waals surface area contributed by atoms with Crippen LogP contribution in [-0.4, -0.2) is 20.6 Å². The predicted octanol–water partition coefficient (Wildman–Crippen LogP) is 2.22. The smallest absolute Gasteiger partial charge is 0.343 e. The molecule has 1 aromatic carbocycles. The van der Waals surface area contributed by atoms with Gasteiger partial charge in [-0.2, -0.15) is 0 Å². The highest BCUT2D eigenvalue weighted by Crippen LogP contribution is 2.44. The molecule has 4 heterocycles. The van der Waals surface area contributed by atoms with Gasteiger partial charge in [-0.1, -0.05) is 32.0 Å². The minimum atomic E-state index is -1.93. The van der Waals surface area contributed by atoms with E-state index in [9.17, 15) is 14.7 Å². The van der Waals surface area contributed by atoms with Crippen LogP contribution in [0, 0.1) is 0 Å². The molecule has 0 bridgehead atoms. The standard InChI is InChI=1S/C22H21N3O4/c1-3-11-12-7-5-6-8-15(12)24-18-13(11)9-25-19(18)17(23)16-14(20(25)26)10-29-21(27)22(16,28)4-2/h5-8,28H,3-4,9-10,23H2,1-2H3. The zero-order valence-electron chi connectivity index (χ0n) is 16.3. The quantitative estimate of drug-likeness (QED) is 0.508.